The number of nitrogen functional groups attached to an aromatic ring is 1. The molecular weight excluding hydrogens is 226 g/mol. The lowest BCUT2D eigenvalue weighted by Crippen LogP contribution is -2.26. The van der Waals surface area contributed by atoms with Crippen LogP contribution in [0.3, 0.4) is 0 Å². The van der Waals surface area contributed by atoms with Crippen molar-refractivity contribution in [2.75, 3.05) is 11.1 Å². The third-order valence-corrected chi connectivity index (χ3v) is 3.14. The van der Waals surface area contributed by atoms with Crippen LogP contribution in [0.4, 0.5) is 11.9 Å². The smallest absolute Gasteiger partial charge is 0.229 e. The first kappa shape index (κ1) is 11.4. The Bertz CT molecular complexity index is 342. The summed E-state index contributed by atoms with van der Waals surface area (Å²) in [6.07, 6.45) is 4.77. The van der Waals surface area contributed by atoms with Crippen LogP contribution in [-0.2, 0) is 0 Å². The van der Waals surface area contributed by atoms with Crippen molar-refractivity contribution in [3.05, 3.63) is 5.28 Å². The Morgan fingerprint density at radius 3 is 2.50 bits per heavy atom. The third-order valence-electron chi connectivity index (χ3n) is 2.97. The summed E-state index contributed by atoms with van der Waals surface area (Å²) in [5, 5.41) is 3.39. The second kappa shape index (κ2) is 4.82. The van der Waals surface area contributed by atoms with Crippen molar-refractivity contribution in [1.82, 2.24) is 15.0 Å². The molecule has 1 aromatic rings. The van der Waals surface area contributed by atoms with E-state index >= 15 is 0 Å². The van der Waals surface area contributed by atoms with Gasteiger partial charge >= 0.3 is 0 Å². The Balaban J connectivity index is 1.98. The summed E-state index contributed by atoms with van der Waals surface area (Å²) < 4.78 is 0. The highest BCUT2D eigenvalue weighted by Crippen LogP contribution is 2.25. The van der Waals surface area contributed by atoms with E-state index in [1.54, 1.807) is 0 Å². The molecule has 6 heteroatoms. The summed E-state index contributed by atoms with van der Waals surface area (Å²) in [4.78, 5) is 11.7. The molecule has 1 saturated carbocycles. The number of hydrogen-bond acceptors (Lipinski definition) is 5. The van der Waals surface area contributed by atoms with E-state index in [1.165, 1.54) is 12.8 Å². The molecule has 1 fully saturated rings. The second-order valence-electron chi connectivity index (χ2n) is 4.39. The van der Waals surface area contributed by atoms with E-state index in [9.17, 15) is 0 Å². The van der Waals surface area contributed by atoms with Crippen molar-refractivity contribution in [1.29, 1.82) is 0 Å². The van der Waals surface area contributed by atoms with Crippen LogP contribution >= 0.6 is 11.6 Å². The Labute approximate surface area is 99.8 Å². The maximum absolute atomic E-state index is 5.71. The normalized spacial score (nSPS) is 25.4. The van der Waals surface area contributed by atoms with E-state index < -0.39 is 0 Å². The minimum Gasteiger partial charge on any atom is -0.368 e. The molecule has 2 rings (SSSR count). The van der Waals surface area contributed by atoms with Crippen LogP contribution in [0.2, 0.25) is 5.28 Å². The minimum atomic E-state index is 0.138. The third kappa shape index (κ3) is 2.95. The van der Waals surface area contributed by atoms with Crippen LogP contribution in [0.1, 0.15) is 32.6 Å². The molecule has 0 unspecified atom stereocenters. The van der Waals surface area contributed by atoms with Gasteiger partial charge in [0.15, 0.2) is 0 Å². The summed E-state index contributed by atoms with van der Waals surface area (Å²) in [5.74, 6) is 1.47. The first-order valence-corrected chi connectivity index (χ1v) is 5.95. The fourth-order valence-corrected chi connectivity index (χ4v) is 2.18. The Morgan fingerprint density at radius 1 is 1.19 bits per heavy atom. The van der Waals surface area contributed by atoms with E-state index in [0.717, 1.165) is 18.8 Å². The molecule has 88 valence electrons. The first-order chi connectivity index (χ1) is 7.63. The van der Waals surface area contributed by atoms with Crippen molar-refractivity contribution in [3.63, 3.8) is 0 Å². The SMILES string of the molecule is CC1CCC(Nc2nc(N)nc(Cl)n2)CC1. The molecule has 1 heterocycles. The molecule has 0 aliphatic heterocycles. The van der Waals surface area contributed by atoms with Crippen molar-refractivity contribution >= 4 is 23.5 Å². The summed E-state index contributed by atoms with van der Waals surface area (Å²) in [6, 6.07) is 0.425. The van der Waals surface area contributed by atoms with Gasteiger partial charge in [-0.05, 0) is 43.2 Å². The van der Waals surface area contributed by atoms with Gasteiger partial charge in [-0.15, -0.1) is 0 Å². The lowest BCUT2D eigenvalue weighted by molar-refractivity contribution is 0.360. The molecule has 0 atom stereocenters. The molecule has 1 aliphatic carbocycles. The predicted octanol–water partition coefficient (Wildman–Crippen LogP) is 2.10. The molecule has 0 amide bonds. The molecule has 0 saturated heterocycles. The van der Waals surface area contributed by atoms with Gasteiger partial charge in [-0.3, -0.25) is 0 Å². The summed E-state index contributed by atoms with van der Waals surface area (Å²) in [5.41, 5.74) is 5.50. The summed E-state index contributed by atoms with van der Waals surface area (Å²) in [7, 11) is 0. The van der Waals surface area contributed by atoms with Crippen LogP contribution in [0.25, 0.3) is 0 Å². The zero-order valence-electron chi connectivity index (χ0n) is 9.28. The van der Waals surface area contributed by atoms with Crippen molar-refractivity contribution in [3.8, 4) is 0 Å². The molecule has 1 aromatic heterocycles. The lowest BCUT2D eigenvalue weighted by atomic mass is 9.87. The van der Waals surface area contributed by atoms with E-state index in [4.69, 9.17) is 17.3 Å². The topological polar surface area (TPSA) is 76.7 Å². The van der Waals surface area contributed by atoms with Gasteiger partial charge in [0.05, 0.1) is 0 Å². The zero-order valence-corrected chi connectivity index (χ0v) is 10.0. The van der Waals surface area contributed by atoms with Crippen LogP contribution in [0, 0.1) is 5.92 Å². The van der Waals surface area contributed by atoms with Crippen LogP contribution in [0.5, 0.6) is 0 Å². The first-order valence-electron chi connectivity index (χ1n) is 5.57. The van der Waals surface area contributed by atoms with Gasteiger partial charge in [-0.2, -0.15) is 15.0 Å². The molecule has 5 nitrogen and oxygen atoms in total. The number of hydrogen-bond donors (Lipinski definition) is 2. The maximum Gasteiger partial charge on any atom is 0.229 e. The van der Waals surface area contributed by atoms with Gasteiger partial charge in [0.2, 0.25) is 17.2 Å². The molecule has 1 aliphatic rings. The Morgan fingerprint density at radius 2 is 1.88 bits per heavy atom. The number of nitrogens with one attached hydrogen (secondary N) is 1. The van der Waals surface area contributed by atoms with Gasteiger partial charge in [0, 0.05) is 6.04 Å². The van der Waals surface area contributed by atoms with E-state index in [-0.39, 0.29) is 11.2 Å². The average Bonchev–Trinajstić information content (AvgIpc) is 2.20. The highest BCUT2D eigenvalue weighted by atomic mass is 35.5. The Hall–Kier alpha value is -1.10. The molecule has 16 heavy (non-hydrogen) atoms. The number of nitrogens with zero attached hydrogens (tertiary/aromatic N) is 3. The number of nitrogens with two attached hydrogens (primary N) is 1. The second-order valence-corrected chi connectivity index (χ2v) is 4.73. The molecular formula is C10H16ClN5. The van der Waals surface area contributed by atoms with Crippen LogP contribution in [-0.4, -0.2) is 21.0 Å². The zero-order chi connectivity index (χ0) is 11.5. The standard InChI is InChI=1S/C10H16ClN5/c1-6-2-4-7(5-3-6)13-10-15-8(11)14-9(12)16-10/h6-7H,2-5H2,1H3,(H3,12,13,14,15,16). The van der Waals surface area contributed by atoms with Gasteiger partial charge in [-0.25, -0.2) is 0 Å². The highest BCUT2D eigenvalue weighted by molar-refractivity contribution is 6.28. The number of halogens is 1. The van der Waals surface area contributed by atoms with E-state index in [0.29, 0.717) is 12.0 Å². The van der Waals surface area contributed by atoms with Crippen LogP contribution in [0.15, 0.2) is 0 Å². The highest BCUT2D eigenvalue weighted by Gasteiger charge is 2.18. The van der Waals surface area contributed by atoms with E-state index in [2.05, 4.69) is 27.2 Å². The fourth-order valence-electron chi connectivity index (χ4n) is 2.02. The largest absolute Gasteiger partial charge is 0.368 e. The molecule has 0 bridgehead atoms. The van der Waals surface area contributed by atoms with Crippen molar-refractivity contribution in [2.24, 2.45) is 5.92 Å². The molecule has 3 N–H and O–H groups in total. The molecule has 0 spiro atoms. The van der Waals surface area contributed by atoms with Crippen molar-refractivity contribution < 1.29 is 0 Å². The van der Waals surface area contributed by atoms with Gasteiger partial charge in [0.25, 0.3) is 0 Å². The monoisotopic (exact) mass is 241 g/mol. The van der Waals surface area contributed by atoms with Gasteiger partial charge in [-0.1, -0.05) is 6.92 Å². The minimum absolute atomic E-state index is 0.138. The van der Waals surface area contributed by atoms with Crippen molar-refractivity contribution in [2.45, 2.75) is 38.6 Å². The number of aromatic nitrogens is 3. The van der Waals surface area contributed by atoms with Gasteiger partial charge < -0.3 is 11.1 Å². The summed E-state index contributed by atoms with van der Waals surface area (Å²) >= 11 is 5.71. The maximum atomic E-state index is 5.71. The predicted molar refractivity (Wildman–Crippen MR) is 64.3 cm³/mol. The quantitative estimate of drug-likeness (QED) is 0.829. The van der Waals surface area contributed by atoms with Gasteiger partial charge in [0.1, 0.15) is 0 Å². The lowest BCUT2D eigenvalue weighted by Gasteiger charge is -2.26. The van der Waals surface area contributed by atoms with Crippen LogP contribution < -0.4 is 11.1 Å². The fraction of sp³-hybridized carbons (Fsp3) is 0.700. The number of anilines is 2. The Kier molecular flexibility index (Phi) is 3.43. The van der Waals surface area contributed by atoms with E-state index in [1.807, 2.05) is 0 Å². The molecule has 0 radical (unpaired) electrons. The number of rotatable bonds is 2. The molecule has 0 aromatic carbocycles. The summed E-state index contributed by atoms with van der Waals surface area (Å²) in [6.45, 7) is 2.29. The average molecular weight is 242 g/mol.